The first kappa shape index (κ1) is 19.6. The molecule has 2 rings (SSSR count). The lowest BCUT2D eigenvalue weighted by Gasteiger charge is -2.38. The Labute approximate surface area is 149 Å². The lowest BCUT2D eigenvalue weighted by atomic mass is 10.0. The molecule has 0 spiro atoms. The summed E-state index contributed by atoms with van der Waals surface area (Å²) in [6, 6.07) is 2.51. The largest absolute Gasteiger partial charge is 0.416 e. The van der Waals surface area contributed by atoms with Crippen molar-refractivity contribution in [2.24, 2.45) is 0 Å². The van der Waals surface area contributed by atoms with Crippen molar-refractivity contribution in [2.75, 3.05) is 18.0 Å². The fraction of sp³-hybridized carbons (Fsp3) is 0.529. The van der Waals surface area contributed by atoms with Gasteiger partial charge in [0, 0.05) is 24.4 Å². The minimum Gasteiger partial charge on any atom is -0.354 e. The molecule has 0 bridgehead atoms. The number of fused-ring (bicyclic) bond motifs is 1. The van der Waals surface area contributed by atoms with Gasteiger partial charge in [-0.3, -0.25) is 9.59 Å². The zero-order chi connectivity index (χ0) is 19.0. The first-order chi connectivity index (χ1) is 11.5. The number of carbonyl (C=O) groups excluding carboxylic acids is 2. The van der Waals surface area contributed by atoms with Crippen molar-refractivity contribution in [2.45, 2.75) is 49.9 Å². The van der Waals surface area contributed by atoms with Gasteiger partial charge in [-0.15, -0.1) is 11.8 Å². The Morgan fingerprint density at radius 3 is 2.52 bits per heavy atom. The Bertz CT molecular complexity index is 702. The average Bonchev–Trinajstić information content (AvgIpc) is 2.50. The van der Waals surface area contributed by atoms with Crippen LogP contribution in [0.3, 0.4) is 0 Å². The number of hydrogen-bond acceptors (Lipinski definition) is 3. The number of hydrogen-bond donors (Lipinski definition) is 1. The van der Waals surface area contributed by atoms with E-state index in [0.717, 1.165) is 17.8 Å². The summed E-state index contributed by atoms with van der Waals surface area (Å²) in [6.07, 6.45) is -4.11. The molecule has 1 aromatic rings. The molecule has 1 aromatic carbocycles. The number of alkyl halides is 3. The number of rotatable bonds is 4. The van der Waals surface area contributed by atoms with Gasteiger partial charge in [0.15, 0.2) is 0 Å². The number of thioether (sulfide) groups is 1. The van der Waals surface area contributed by atoms with Crippen LogP contribution in [-0.4, -0.2) is 29.7 Å². The molecule has 2 amide bonds. The highest BCUT2D eigenvalue weighted by Crippen LogP contribution is 2.47. The Kier molecular flexibility index (Phi) is 5.41. The van der Waals surface area contributed by atoms with Gasteiger partial charge in [0.25, 0.3) is 0 Å². The van der Waals surface area contributed by atoms with Gasteiger partial charge in [0.2, 0.25) is 11.8 Å². The van der Waals surface area contributed by atoms with Crippen LogP contribution in [0.25, 0.3) is 0 Å². The van der Waals surface area contributed by atoms with Crippen LogP contribution in [-0.2, 0) is 15.8 Å². The number of halogens is 3. The molecule has 4 nitrogen and oxygen atoms in total. The fourth-order valence-electron chi connectivity index (χ4n) is 2.68. The van der Waals surface area contributed by atoms with Crippen molar-refractivity contribution in [3.63, 3.8) is 0 Å². The number of anilines is 1. The molecule has 1 aliphatic rings. The quantitative estimate of drug-likeness (QED) is 0.873. The van der Waals surface area contributed by atoms with Gasteiger partial charge in [-0.05, 0) is 38.5 Å². The molecule has 0 fully saturated rings. The van der Waals surface area contributed by atoms with Crippen molar-refractivity contribution in [1.29, 1.82) is 0 Å². The zero-order valence-corrected chi connectivity index (χ0v) is 15.4. The number of nitrogens with one attached hydrogen (secondary N) is 1. The van der Waals surface area contributed by atoms with Crippen molar-refractivity contribution in [1.82, 2.24) is 5.32 Å². The third kappa shape index (κ3) is 4.11. The smallest absolute Gasteiger partial charge is 0.354 e. The van der Waals surface area contributed by atoms with Gasteiger partial charge in [-0.1, -0.05) is 6.92 Å². The molecule has 8 heteroatoms. The van der Waals surface area contributed by atoms with Crippen LogP contribution in [0.15, 0.2) is 17.0 Å². The van der Waals surface area contributed by atoms with Crippen LogP contribution in [0.4, 0.5) is 18.9 Å². The molecule has 0 radical (unpaired) electrons. The molecule has 138 valence electrons. The van der Waals surface area contributed by atoms with Gasteiger partial charge >= 0.3 is 6.18 Å². The predicted molar refractivity (Wildman–Crippen MR) is 91.8 cm³/mol. The highest BCUT2D eigenvalue weighted by molar-refractivity contribution is 8.01. The second-order valence-corrected chi connectivity index (χ2v) is 8.07. The summed E-state index contributed by atoms with van der Waals surface area (Å²) < 4.78 is 38.7. The highest BCUT2D eigenvalue weighted by atomic mass is 32.2. The van der Waals surface area contributed by atoms with E-state index in [0.29, 0.717) is 17.0 Å². The molecule has 1 aliphatic heterocycles. The van der Waals surface area contributed by atoms with E-state index in [9.17, 15) is 22.8 Å². The summed E-state index contributed by atoms with van der Waals surface area (Å²) >= 11 is 1.13. The lowest BCUT2D eigenvalue weighted by molar-refractivity contribution is -0.138. The van der Waals surface area contributed by atoms with E-state index < -0.39 is 16.5 Å². The number of amides is 2. The topological polar surface area (TPSA) is 49.4 Å². The van der Waals surface area contributed by atoms with Crippen molar-refractivity contribution < 1.29 is 22.8 Å². The molecule has 0 aliphatic carbocycles. The molecular formula is C17H21F3N2O2S. The van der Waals surface area contributed by atoms with Crippen LogP contribution in [0, 0.1) is 6.92 Å². The molecule has 0 unspecified atom stereocenters. The normalized spacial score (nSPS) is 16.6. The third-order valence-electron chi connectivity index (χ3n) is 4.01. The summed E-state index contributed by atoms with van der Waals surface area (Å²) in [7, 11) is 0. The number of benzene rings is 1. The van der Waals surface area contributed by atoms with Crippen LogP contribution >= 0.6 is 11.8 Å². The predicted octanol–water partition coefficient (Wildman–Crippen LogP) is 3.76. The SMILES string of the molecule is CCC(=O)NCCN1C(=O)C(C)(C)Sc2cc(C(F)(F)F)c(C)cc21. The van der Waals surface area contributed by atoms with Crippen LogP contribution in [0.2, 0.25) is 0 Å². The Morgan fingerprint density at radius 1 is 1.32 bits per heavy atom. The summed E-state index contributed by atoms with van der Waals surface area (Å²) in [4.78, 5) is 26.0. The van der Waals surface area contributed by atoms with Crippen molar-refractivity contribution in [3.05, 3.63) is 23.3 Å². The molecule has 1 N–H and O–H groups in total. The highest BCUT2D eigenvalue weighted by Gasteiger charge is 2.42. The van der Waals surface area contributed by atoms with E-state index >= 15 is 0 Å². The number of nitrogens with zero attached hydrogens (tertiary/aromatic N) is 1. The molecule has 0 aromatic heterocycles. The van der Waals surface area contributed by atoms with E-state index in [1.165, 1.54) is 17.9 Å². The number of aryl methyl sites for hydroxylation is 1. The van der Waals surface area contributed by atoms with E-state index in [-0.39, 0.29) is 30.5 Å². The van der Waals surface area contributed by atoms with Gasteiger partial charge in [0.05, 0.1) is 16.0 Å². The standard InChI is InChI=1S/C17H21F3N2O2S/c1-5-14(23)21-6-7-22-12-8-10(2)11(17(18,19)20)9-13(12)25-16(3,4)15(22)24/h8-9H,5-7H2,1-4H3,(H,21,23). The maximum Gasteiger partial charge on any atom is 0.416 e. The molecule has 0 saturated carbocycles. The molecular weight excluding hydrogens is 353 g/mol. The monoisotopic (exact) mass is 374 g/mol. The van der Waals surface area contributed by atoms with Gasteiger partial charge < -0.3 is 10.2 Å². The van der Waals surface area contributed by atoms with Crippen molar-refractivity contribution >= 4 is 29.3 Å². The van der Waals surface area contributed by atoms with Gasteiger partial charge in [-0.25, -0.2) is 0 Å². The van der Waals surface area contributed by atoms with Gasteiger partial charge in [0.1, 0.15) is 0 Å². The lowest BCUT2D eigenvalue weighted by Crippen LogP contribution is -2.49. The number of carbonyl (C=O) groups is 2. The second kappa shape index (κ2) is 6.90. The first-order valence-corrected chi connectivity index (χ1v) is 8.78. The Morgan fingerprint density at radius 2 is 1.96 bits per heavy atom. The van der Waals surface area contributed by atoms with Crippen LogP contribution in [0.1, 0.15) is 38.3 Å². The zero-order valence-electron chi connectivity index (χ0n) is 14.6. The van der Waals surface area contributed by atoms with Crippen molar-refractivity contribution in [3.8, 4) is 0 Å². The third-order valence-corrected chi connectivity index (χ3v) is 5.24. The maximum atomic E-state index is 13.2. The van der Waals surface area contributed by atoms with E-state index in [1.807, 2.05) is 0 Å². The van der Waals surface area contributed by atoms with Gasteiger partial charge in [-0.2, -0.15) is 13.2 Å². The summed E-state index contributed by atoms with van der Waals surface area (Å²) in [5, 5.41) is 2.69. The van der Waals surface area contributed by atoms with Crippen LogP contribution in [0.5, 0.6) is 0 Å². The molecule has 0 saturated heterocycles. The Hall–Kier alpha value is -1.70. The summed E-state index contributed by atoms with van der Waals surface area (Å²) in [5.41, 5.74) is -0.157. The minimum atomic E-state index is -4.44. The Balaban J connectivity index is 2.40. The first-order valence-electron chi connectivity index (χ1n) is 7.97. The fourth-order valence-corrected chi connectivity index (χ4v) is 3.88. The second-order valence-electron chi connectivity index (χ2n) is 6.41. The summed E-state index contributed by atoms with van der Waals surface area (Å²) in [5.74, 6) is -0.322. The van der Waals surface area contributed by atoms with Crippen LogP contribution < -0.4 is 10.2 Å². The molecule has 25 heavy (non-hydrogen) atoms. The van der Waals surface area contributed by atoms with E-state index in [1.54, 1.807) is 20.8 Å². The van der Waals surface area contributed by atoms with E-state index in [4.69, 9.17) is 0 Å². The minimum absolute atomic E-state index is 0.0712. The summed E-state index contributed by atoms with van der Waals surface area (Å²) in [6.45, 7) is 6.94. The average molecular weight is 374 g/mol. The molecule has 1 heterocycles. The molecule has 0 atom stereocenters. The maximum absolute atomic E-state index is 13.2. The van der Waals surface area contributed by atoms with E-state index in [2.05, 4.69) is 5.32 Å².